The Balaban J connectivity index is 2.84. The Bertz CT molecular complexity index is 394. The zero-order valence-electron chi connectivity index (χ0n) is 10.2. The van der Waals surface area contributed by atoms with Gasteiger partial charge in [0, 0.05) is 11.6 Å². The molecule has 0 aliphatic rings. The third kappa shape index (κ3) is 4.02. The van der Waals surface area contributed by atoms with Crippen molar-refractivity contribution in [1.82, 2.24) is 9.97 Å². The molecule has 1 atom stereocenters. The average Bonchev–Trinajstić information content (AvgIpc) is 2.25. The molecule has 1 unspecified atom stereocenters. The molecule has 4 N–H and O–H groups in total. The minimum Gasteiger partial charge on any atom is -0.367 e. The molecule has 8 heteroatoms. The first-order valence-corrected chi connectivity index (χ1v) is 5.51. The summed E-state index contributed by atoms with van der Waals surface area (Å²) in [6.07, 6.45) is -3.33. The highest BCUT2D eigenvalue weighted by Crippen LogP contribution is 2.25. The first kappa shape index (κ1) is 14.5. The van der Waals surface area contributed by atoms with Crippen molar-refractivity contribution in [2.75, 3.05) is 10.7 Å². The van der Waals surface area contributed by atoms with Crippen LogP contribution in [0.1, 0.15) is 25.8 Å². The van der Waals surface area contributed by atoms with Gasteiger partial charge in [0.05, 0.1) is 6.42 Å². The normalized spacial score (nSPS) is 13.2. The van der Waals surface area contributed by atoms with Crippen molar-refractivity contribution in [3.63, 3.8) is 0 Å². The molecule has 1 aromatic heterocycles. The van der Waals surface area contributed by atoms with Crippen molar-refractivity contribution in [2.45, 2.75) is 38.9 Å². The van der Waals surface area contributed by atoms with Gasteiger partial charge in [-0.2, -0.15) is 13.2 Å². The predicted octanol–water partition coefficient (Wildman–Crippen LogP) is 2.08. The van der Waals surface area contributed by atoms with Gasteiger partial charge in [0.25, 0.3) is 0 Å². The molecule has 5 nitrogen and oxygen atoms in total. The monoisotopic (exact) mass is 263 g/mol. The second kappa shape index (κ2) is 5.85. The van der Waals surface area contributed by atoms with Crippen LogP contribution in [0.3, 0.4) is 0 Å². The highest BCUT2D eigenvalue weighted by Gasteiger charge is 2.30. The van der Waals surface area contributed by atoms with E-state index in [1.807, 2.05) is 6.92 Å². The van der Waals surface area contributed by atoms with Crippen LogP contribution in [0.2, 0.25) is 0 Å². The number of hydrazine groups is 1. The van der Waals surface area contributed by atoms with Crippen LogP contribution in [-0.2, 0) is 6.42 Å². The minimum atomic E-state index is -4.21. The van der Waals surface area contributed by atoms with Gasteiger partial charge < -0.3 is 10.7 Å². The van der Waals surface area contributed by atoms with E-state index in [2.05, 4.69) is 20.7 Å². The Kier molecular flexibility index (Phi) is 4.71. The SMILES string of the molecule is CCc1c(NN)ncnc1NC(C)CC(F)(F)F. The van der Waals surface area contributed by atoms with Gasteiger partial charge in [-0.3, -0.25) is 0 Å². The molecule has 0 fully saturated rings. The Morgan fingerprint density at radius 1 is 1.33 bits per heavy atom. The number of rotatable bonds is 5. The molecule has 18 heavy (non-hydrogen) atoms. The lowest BCUT2D eigenvalue weighted by Crippen LogP contribution is -2.25. The Morgan fingerprint density at radius 2 is 1.94 bits per heavy atom. The molecule has 0 bridgehead atoms. The van der Waals surface area contributed by atoms with E-state index in [1.165, 1.54) is 13.3 Å². The Hall–Kier alpha value is -1.57. The lowest BCUT2D eigenvalue weighted by Gasteiger charge is -2.19. The fourth-order valence-electron chi connectivity index (χ4n) is 1.63. The number of nitrogen functional groups attached to an aromatic ring is 1. The Labute approximate surface area is 103 Å². The highest BCUT2D eigenvalue weighted by molar-refractivity contribution is 5.57. The molecule has 1 aromatic rings. The van der Waals surface area contributed by atoms with Crippen LogP contribution < -0.4 is 16.6 Å². The number of nitrogens with two attached hydrogens (primary N) is 1. The number of hydrogen-bond acceptors (Lipinski definition) is 5. The summed E-state index contributed by atoms with van der Waals surface area (Å²) in [5.41, 5.74) is 3.06. The van der Waals surface area contributed by atoms with E-state index in [0.29, 0.717) is 23.6 Å². The molecular formula is C10H16F3N5. The molecule has 0 radical (unpaired) electrons. The third-order valence-corrected chi connectivity index (χ3v) is 2.36. The summed E-state index contributed by atoms with van der Waals surface area (Å²) in [5.74, 6) is 6.06. The number of halogens is 3. The van der Waals surface area contributed by atoms with Crippen molar-refractivity contribution < 1.29 is 13.2 Å². The molecule has 0 aliphatic carbocycles. The maximum absolute atomic E-state index is 12.2. The highest BCUT2D eigenvalue weighted by atomic mass is 19.4. The van der Waals surface area contributed by atoms with Crippen LogP contribution in [0, 0.1) is 0 Å². The van der Waals surface area contributed by atoms with E-state index in [1.54, 1.807) is 0 Å². The van der Waals surface area contributed by atoms with Crippen LogP contribution in [-0.4, -0.2) is 22.2 Å². The first-order valence-electron chi connectivity index (χ1n) is 5.51. The van der Waals surface area contributed by atoms with Crippen molar-refractivity contribution in [2.24, 2.45) is 5.84 Å². The topological polar surface area (TPSA) is 75.9 Å². The van der Waals surface area contributed by atoms with E-state index >= 15 is 0 Å². The summed E-state index contributed by atoms with van der Waals surface area (Å²) >= 11 is 0. The zero-order chi connectivity index (χ0) is 13.8. The Morgan fingerprint density at radius 3 is 2.44 bits per heavy atom. The summed E-state index contributed by atoms with van der Waals surface area (Å²) < 4.78 is 36.7. The molecular weight excluding hydrogens is 247 g/mol. The second-order valence-electron chi connectivity index (χ2n) is 3.91. The number of aromatic nitrogens is 2. The van der Waals surface area contributed by atoms with E-state index in [9.17, 15) is 13.2 Å². The fourth-order valence-corrected chi connectivity index (χ4v) is 1.63. The molecule has 1 rings (SSSR count). The molecule has 0 aromatic carbocycles. The minimum absolute atomic E-state index is 0.372. The molecule has 0 saturated heterocycles. The van der Waals surface area contributed by atoms with Gasteiger partial charge in [-0.05, 0) is 13.3 Å². The summed E-state index contributed by atoms with van der Waals surface area (Å²) in [7, 11) is 0. The summed E-state index contributed by atoms with van der Waals surface area (Å²) in [4.78, 5) is 7.84. The van der Waals surface area contributed by atoms with E-state index in [0.717, 1.165) is 0 Å². The van der Waals surface area contributed by atoms with Gasteiger partial charge in [-0.15, -0.1) is 0 Å². The van der Waals surface area contributed by atoms with Crippen molar-refractivity contribution in [3.8, 4) is 0 Å². The van der Waals surface area contributed by atoms with Gasteiger partial charge in [0.2, 0.25) is 0 Å². The molecule has 0 aliphatic heterocycles. The van der Waals surface area contributed by atoms with Crippen molar-refractivity contribution in [1.29, 1.82) is 0 Å². The van der Waals surface area contributed by atoms with Gasteiger partial charge in [0.1, 0.15) is 18.0 Å². The van der Waals surface area contributed by atoms with E-state index in [-0.39, 0.29) is 0 Å². The lowest BCUT2D eigenvalue weighted by molar-refractivity contribution is -0.136. The standard InChI is InChI=1S/C10H16F3N5/c1-3-7-8(15-5-16-9(7)18-14)17-6(2)4-10(11,12)13/h5-6H,3-4,14H2,1-2H3,(H2,15,16,17,18). The number of anilines is 2. The quantitative estimate of drug-likeness (QED) is 0.560. The number of hydrogen-bond donors (Lipinski definition) is 3. The fraction of sp³-hybridized carbons (Fsp3) is 0.600. The predicted molar refractivity (Wildman–Crippen MR) is 63.0 cm³/mol. The van der Waals surface area contributed by atoms with Gasteiger partial charge >= 0.3 is 6.18 Å². The summed E-state index contributed by atoms with van der Waals surface area (Å²) in [6.45, 7) is 3.30. The molecule has 0 saturated carbocycles. The summed E-state index contributed by atoms with van der Waals surface area (Å²) in [5, 5.41) is 2.73. The number of nitrogens with one attached hydrogen (secondary N) is 2. The first-order chi connectivity index (χ1) is 8.37. The van der Waals surface area contributed by atoms with E-state index in [4.69, 9.17) is 5.84 Å². The maximum atomic E-state index is 12.2. The molecule has 0 amide bonds. The van der Waals surface area contributed by atoms with Crippen molar-refractivity contribution >= 4 is 11.6 Å². The van der Waals surface area contributed by atoms with Crippen molar-refractivity contribution in [3.05, 3.63) is 11.9 Å². The number of alkyl halides is 3. The van der Waals surface area contributed by atoms with Crippen LogP contribution in [0.4, 0.5) is 24.8 Å². The maximum Gasteiger partial charge on any atom is 0.391 e. The lowest BCUT2D eigenvalue weighted by atomic mass is 10.2. The molecule has 102 valence electrons. The van der Waals surface area contributed by atoms with Crippen LogP contribution in [0.5, 0.6) is 0 Å². The smallest absolute Gasteiger partial charge is 0.367 e. The van der Waals surface area contributed by atoms with E-state index < -0.39 is 18.6 Å². The average molecular weight is 263 g/mol. The van der Waals surface area contributed by atoms with Crippen LogP contribution >= 0.6 is 0 Å². The van der Waals surface area contributed by atoms with Gasteiger partial charge in [0.15, 0.2) is 0 Å². The molecule has 1 heterocycles. The van der Waals surface area contributed by atoms with Crippen LogP contribution in [0.15, 0.2) is 6.33 Å². The number of nitrogens with zero attached hydrogens (tertiary/aromatic N) is 2. The zero-order valence-corrected chi connectivity index (χ0v) is 10.2. The largest absolute Gasteiger partial charge is 0.391 e. The third-order valence-electron chi connectivity index (χ3n) is 2.36. The van der Waals surface area contributed by atoms with Crippen LogP contribution in [0.25, 0.3) is 0 Å². The second-order valence-corrected chi connectivity index (χ2v) is 3.91. The molecule has 0 spiro atoms. The van der Waals surface area contributed by atoms with Gasteiger partial charge in [-0.1, -0.05) is 6.92 Å². The summed E-state index contributed by atoms with van der Waals surface area (Å²) in [6, 6.07) is -0.768. The van der Waals surface area contributed by atoms with Gasteiger partial charge in [-0.25, -0.2) is 15.8 Å².